The number of carbonyl (C=O) groups is 1. The quantitative estimate of drug-likeness (QED) is 0.612. The number of benzene rings is 1. The summed E-state index contributed by atoms with van der Waals surface area (Å²) in [5, 5.41) is 8.39. The van der Waals surface area contributed by atoms with Gasteiger partial charge in [0.1, 0.15) is 5.75 Å². The minimum Gasteiger partial charge on any atom is -0.497 e. The lowest BCUT2D eigenvalue weighted by Crippen LogP contribution is -2.43. The Kier molecular flexibility index (Phi) is 6.72. The van der Waals surface area contributed by atoms with Gasteiger partial charge in [0.15, 0.2) is 5.65 Å². The van der Waals surface area contributed by atoms with E-state index in [-0.39, 0.29) is 18.0 Å². The Morgan fingerprint density at radius 1 is 1.22 bits per heavy atom. The summed E-state index contributed by atoms with van der Waals surface area (Å²) in [5.41, 5.74) is 3.28. The second-order valence-corrected chi connectivity index (χ2v) is 8.38. The summed E-state index contributed by atoms with van der Waals surface area (Å²) in [6, 6.07) is 10.1. The normalized spacial score (nSPS) is 15.8. The largest absolute Gasteiger partial charge is 0.497 e. The van der Waals surface area contributed by atoms with Gasteiger partial charge >= 0.3 is 0 Å². The first-order chi connectivity index (χ1) is 15.5. The van der Waals surface area contributed by atoms with Gasteiger partial charge in [-0.3, -0.25) is 9.69 Å². The van der Waals surface area contributed by atoms with E-state index < -0.39 is 0 Å². The van der Waals surface area contributed by atoms with E-state index in [1.54, 1.807) is 13.3 Å². The molecule has 1 saturated heterocycles. The minimum atomic E-state index is -0.115. The molecule has 8 nitrogen and oxygen atoms in total. The van der Waals surface area contributed by atoms with E-state index in [2.05, 4.69) is 46.3 Å². The van der Waals surface area contributed by atoms with E-state index in [1.807, 2.05) is 29.8 Å². The third-order valence-electron chi connectivity index (χ3n) is 5.87. The summed E-state index contributed by atoms with van der Waals surface area (Å²) in [4.78, 5) is 20.2. The molecular weight excluding hydrogens is 406 g/mol. The highest BCUT2D eigenvalue weighted by atomic mass is 16.5. The molecule has 1 amide bonds. The second kappa shape index (κ2) is 9.67. The average molecular weight is 438 g/mol. The van der Waals surface area contributed by atoms with Crippen LogP contribution in [0.1, 0.15) is 47.5 Å². The monoisotopic (exact) mass is 437 g/mol. The van der Waals surface area contributed by atoms with Gasteiger partial charge in [-0.25, -0.2) is 9.67 Å². The van der Waals surface area contributed by atoms with E-state index in [0.717, 1.165) is 41.1 Å². The van der Waals surface area contributed by atoms with Crippen LogP contribution in [0.2, 0.25) is 0 Å². The summed E-state index contributed by atoms with van der Waals surface area (Å²) < 4.78 is 12.7. The molecule has 4 rings (SSSR count). The van der Waals surface area contributed by atoms with E-state index in [1.165, 1.54) is 0 Å². The van der Waals surface area contributed by atoms with Crippen LogP contribution in [0.15, 0.2) is 36.5 Å². The highest BCUT2D eigenvalue weighted by molar-refractivity contribution is 6.05. The van der Waals surface area contributed by atoms with Crippen molar-refractivity contribution in [1.29, 1.82) is 0 Å². The van der Waals surface area contributed by atoms with Crippen LogP contribution >= 0.6 is 0 Å². The van der Waals surface area contributed by atoms with Crippen molar-refractivity contribution in [3.05, 3.63) is 53.3 Å². The molecule has 0 saturated carbocycles. The summed E-state index contributed by atoms with van der Waals surface area (Å²) >= 11 is 0. The minimum absolute atomic E-state index is 0.0468. The van der Waals surface area contributed by atoms with Gasteiger partial charge in [-0.2, -0.15) is 5.10 Å². The Hall–Kier alpha value is -2.97. The highest BCUT2D eigenvalue weighted by Crippen LogP contribution is 2.25. The van der Waals surface area contributed by atoms with Gasteiger partial charge in [0.25, 0.3) is 5.91 Å². The fourth-order valence-electron chi connectivity index (χ4n) is 4.17. The van der Waals surface area contributed by atoms with Crippen LogP contribution in [0, 0.1) is 6.92 Å². The number of carbonyl (C=O) groups excluding carboxylic acids is 1. The van der Waals surface area contributed by atoms with Crippen LogP contribution in [-0.4, -0.2) is 65.5 Å². The first-order valence-corrected chi connectivity index (χ1v) is 11.1. The maximum Gasteiger partial charge on any atom is 0.252 e. The molecule has 1 fully saturated rings. The number of morpholine rings is 1. The molecule has 0 radical (unpaired) electrons. The maximum atomic E-state index is 13.3. The first kappa shape index (κ1) is 22.2. The van der Waals surface area contributed by atoms with Gasteiger partial charge < -0.3 is 14.8 Å². The zero-order valence-corrected chi connectivity index (χ0v) is 19.2. The molecule has 1 N–H and O–H groups in total. The Balaban J connectivity index is 1.58. The van der Waals surface area contributed by atoms with Crippen molar-refractivity contribution in [1.82, 2.24) is 25.0 Å². The second-order valence-electron chi connectivity index (χ2n) is 8.38. The molecule has 2 aromatic heterocycles. The van der Waals surface area contributed by atoms with Gasteiger partial charge in [0, 0.05) is 31.4 Å². The Morgan fingerprint density at radius 2 is 1.94 bits per heavy atom. The number of fused-ring (bicyclic) bond motifs is 1. The molecule has 0 aliphatic carbocycles. The first-order valence-electron chi connectivity index (χ1n) is 11.1. The van der Waals surface area contributed by atoms with E-state index >= 15 is 0 Å². The zero-order chi connectivity index (χ0) is 22.7. The number of aryl methyl sites for hydroxylation is 1. The van der Waals surface area contributed by atoms with Crippen LogP contribution < -0.4 is 10.1 Å². The summed E-state index contributed by atoms with van der Waals surface area (Å²) in [6.45, 7) is 9.54. The molecule has 170 valence electrons. The SMILES string of the molecule is COc1ccc([C@H](CNC(=O)c2cc(C)nc3c2cnn3C(C)C)N2CCOCC2)cc1. The van der Waals surface area contributed by atoms with Gasteiger partial charge in [0.2, 0.25) is 0 Å². The number of aromatic nitrogens is 3. The molecule has 1 aromatic carbocycles. The smallest absolute Gasteiger partial charge is 0.252 e. The van der Waals surface area contributed by atoms with Crippen molar-refractivity contribution >= 4 is 16.9 Å². The zero-order valence-electron chi connectivity index (χ0n) is 19.2. The lowest BCUT2D eigenvalue weighted by molar-refractivity contribution is 0.0162. The molecule has 8 heteroatoms. The molecule has 1 aliphatic rings. The van der Waals surface area contributed by atoms with Crippen molar-refractivity contribution < 1.29 is 14.3 Å². The summed E-state index contributed by atoms with van der Waals surface area (Å²) in [5.74, 6) is 0.700. The van der Waals surface area contributed by atoms with E-state index in [0.29, 0.717) is 25.3 Å². The van der Waals surface area contributed by atoms with Crippen molar-refractivity contribution in [2.24, 2.45) is 0 Å². The molecule has 32 heavy (non-hydrogen) atoms. The lowest BCUT2D eigenvalue weighted by atomic mass is 10.0. The van der Waals surface area contributed by atoms with Crippen molar-refractivity contribution in [2.75, 3.05) is 40.0 Å². The number of pyridine rings is 1. The summed E-state index contributed by atoms with van der Waals surface area (Å²) in [7, 11) is 1.66. The molecule has 0 bridgehead atoms. The van der Waals surface area contributed by atoms with Crippen LogP contribution in [0.3, 0.4) is 0 Å². The van der Waals surface area contributed by atoms with E-state index in [9.17, 15) is 4.79 Å². The number of hydrogen-bond acceptors (Lipinski definition) is 6. The Bertz CT molecular complexity index is 1070. The van der Waals surface area contributed by atoms with Gasteiger partial charge in [-0.15, -0.1) is 0 Å². The number of rotatable bonds is 7. The van der Waals surface area contributed by atoms with Gasteiger partial charge in [-0.1, -0.05) is 12.1 Å². The molecule has 3 aromatic rings. The molecular formula is C24H31N5O3. The molecule has 3 heterocycles. The predicted molar refractivity (Wildman–Crippen MR) is 123 cm³/mol. The highest BCUT2D eigenvalue weighted by Gasteiger charge is 2.24. The van der Waals surface area contributed by atoms with Gasteiger partial charge in [-0.05, 0) is 44.5 Å². The molecule has 0 unspecified atom stereocenters. The Morgan fingerprint density at radius 3 is 2.59 bits per heavy atom. The van der Waals surface area contributed by atoms with Crippen molar-refractivity contribution in [3.8, 4) is 5.75 Å². The molecule has 0 spiro atoms. The fraction of sp³-hybridized carbons (Fsp3) is 0.458. The number of ether oxygens (including phenoxy) is 2. The topological polar surface area (TPSA) is 81.5 Å². The third kappa shape index (κ3) is 4.61. The van der Waals surface area contributed by atoms with E-state index in [4.69, 9.17) is 9.47 Å². The fourth-order valence-corrected chi connectivity index (χ4v) is 4.17. The van der Waals surface area contributed by atoms with Gasteiger partial charge in [0.05, 0.1) is 43.5 Å². The van der Waals surface area contributed by atoms with Crippen molar-refractivity contribution in [3.63, 3.8) is 0 Å². The molecule has 1 aliphatic heterocycles. The van der Waals surface area contributed by atoms with Crippen LogP contribution in [0.4, 0.5) is 0 Å². The van der Waals surface area contributed by atoms with Crippen LogP contribution in [0.5, 0.6) is 5.75 Å². The lowest BCUT2D eigenvalue weighted by Gasteiger charge is -2.35. The molecule has 1 atom stereocenters. The van der Waals surface area contributed by atoms with Crippen LogP contribution in [-0.2, 0) is 4.74 Å². The maximum absolute atomic E-state index is 13.3. The predicted octanol–water partition coefficient (Wildman–Crippen LogP) is 3.13. The number of methoxy groups -OCH3 is 1. The number of amides is 1. The standard InChI is InChI=1S/C24H31N5O3/c1-16(2)29-23-21(14-26-29)20(13-17(3)27-23)24(30)25-15-22(28-9-11-32-12-10-28)18-5-7-19(31-4)8-6-18/h5-8,13-14,16,22H,9-12,15H2,1-4H3,(H,25,30)/t22-/m0/s1. The number of nitrogens with one attached hydrogen (secondary N) is 1. The summed E-state index contributed by atoms with van der Waals surface area (Å²) in [6.07, 6.45) is 1.74. The Labute approximate surface area is 188 Å². The number of hydrogen-bond donors (Lipinski definition) is 1. The van der Waals surface area contributed by atoms with Crippen LogP contribution in [0.25, 0.3) is 11.0 Å². The number of nitrogens with zero attached hydrogens (tertiary/aromatic N) is 4. The average Bonchev–Trinajstić information content (AvgIpc) is 3.23. The third-order valence-corrected chi connectivity index (χ3v) is 5.87. The van der Waals surface area contributed by atoms with Crippen molar-refractivity contribution in [2.45, 2.75) is 32.9 Å².